The zero-order chi connectivity index (χ0) is 41.5. The number of aromatic hydroxyl groups is 1. The maximum atomic E-state index is 12.0. The molecule has 12 heteroatoms. The molecule has 4 nitrogen and oxygen atoms in total. The van der Waals surface area contributed by atoms with Gasteiger partial charge in [-0.3, -0.25) is 14.4 Å². The Balaban J connectivity index is 0.000000190. The summed E-state index contributed by atoms with van der Waals surface area (Å²) < 4.78 is 0.959. The van der Waals surface area contributed by atoms with E-state index in [1.807, 2.05) is 36.4 Å². The smallest absolute Gasteiger partial charge is 0.188 e. The summed E-state index contributed by atoms with van der Waals surface area (Å²) in [6, 6.07) is 36.4. The number of halogens is 8. The van der Waals surface area contributed by atoms with Crippen LogP contribution in [0.1, 0.15) is 47.8 Å². The number of phenolic OH excluding ortho intramolecular Hbond substituents is 1. The summed E-state index contributed by atoms with van der Waals surface area (Å²) in [7, 11) is 0. The molecule has 0 aromatic heterocycles. The van der Waals surface area contributed by atoms with Gasteiger partial charge in [-0.2, -0.15) is 0 Å². The molecular formula is C45H28BrCl7O4. The molecule has 0 aliphatic carbocycles. The van der Waals surface area contributed by atoms with Crippen molar-refractivity contribution in [2.75, 3.05) is 0 Å². The van der Waals surface area contributed by atoms with Crippen LogP contribution in [0.25, 0.3) is 18.2 Å². The van der Waals surface area contributed by atoms with E-state index in [9.17, 15) is 19.5 Å². The molecule has 0 aliphatic heterocycles. The fraction of sp³-hybridized carbons (Fsp3) is 0. The molecule has 288 valence electrons. The molecule has 0 spiro atoms. The first-order chi connectivity index (χ1) is 27.2. The highest BCUT2D eigenvalue weighted by atomic mass is 79.9. The lowest BCUT2D eigenvalue weighted by Crippen LogP contribution is -1.96. The van der Waals surface area contributed by atoms with Crippen molar-refractivity contribution in [3.05, 3.63) is 219 Å². The Morgan fingerprint density at radius 1 is 0.474 bits per heavy atom. The number of carbonyl (C=O) groups excluding carboxylic acids is 3. The maximum absolute atomic E-state index is 12.0. The Bertz CT molecular complexity index is 2420. The second-order valence-electron chi connectivity index (χ2n) is 11.6. The van der Waals surface area contributed by atoms with E-state index in [1.165, 1.54) is 30.4 Å². The quantitative estimate of drug-likeness (QED) is 0.116. The third-order valence-corrected chi connectivity index (χ3v) is 10.0. The number of phenols is 1. The van der Waals surface area contributed by atoms with Crippen LogP contribution in [0.15, 0.2) is 150 Å². The zero-order valence-corrected chi connectivity index (χ0v) is 36.2. The Kier molecular flexibility index (Phi) is 18.2. The summed E-state index contributed by atoms with van der Waals surface area (Å²) in [6.45, 7) is 0. The molecule has 6 rings (SSSR count). The van der Waals surface area contributed by atoms with Crippen LogP contribution in [0, 0.1) is 0 Å². The van der Waals surface area contributed by atoms with E-state index in [1.54, 1.807) is 97.1 Å². The van der Waals surface area contributed by atoms with Crippen LogP contribution < -0.4 is 0 Å². The van der Waals surface area contributed by atoms with Crippen molar-refractivity contribution < 1.29 is 19.5 Å². The largest absolute Gasteiger partial charge is 0.506 e. The number of benzene rings is 6. The van der Waals surface area contributed by atoms with Gasteiger partial charge in [-0.1, -0.05) is 152 Å². The van der Waals surface area contributed by atoms with Gasteiger partial charge in [-0.05, 0) is 120 Å². The van der Waals surface area contributed by atoms with Crippen molar-refractivity contribution in [3.8, 4) is 5.75 Å². The molecule has 0 atom stereocenters. The summed E-state index contributed by atoms with van der Waals surface area (Å²) in [5.74, 6) is -0.645. The van der Waals surface area contributed by atoms with Crippen molar-refractivity contribution in [1.29, 1.82) is 0 Å². The van der Waals surface area contributed by atoms with E-state index in [0.29, 0.717) is 52.4 Å². The second-order valence-corrected chi connectivity index (χ2v) is 15.5. The van der Waals surface area contributed by atoms with E-state index in [-0.39, 0.29) is 28.1 Å². The normalized spacial score (nSPS) is 10.9. The molecule has 0 saturated carbocycles. The molecule has 0 heterocycles. The van der Waals surface area contributed by atoms with Gasteiger partial charge >= 0.3 is 0 Å². The fourth-order valence-electron chi connectivity index (χ4n) is 4.65. The van der Waals surface area contributed by atoms with Gasteiger partial charge < -0.3 is 5.11 Å². The number of hydrogen-bond acceptors (Lipinski definition) is 4. The van der Waals surface area contributed by atoms with Crippen LogP contribution in [0.4, 0.5) is 0 Å². The lowest BCUT2D eigenvalue weighted by atomic mass is 10.1. The van der Waals surface area contributed by atoms with E-state index in [4.69, 9.17) is 81.2 Å². The van der Waals surface area contributed by atoms with Gasteiger partial charge in [0, 0.05) is 36.2 Å². The van der Waals surface area contributed by atoms with Crippen LogP contribution in [0.3, 0.4) is 0 Å². The lowest BCUT2D eigenvalue weighted by molar-refractivity contribution is 0.104. The van der Waals surface area contributed by atoms with Gasteiger partial charge in [-0.15, -0.1) is 0 Å². The summed E-state index contributed by atoms with van der Waals surface area (Å²) in [6.07, 6.45) is 9.23. The van der Waals surface area contributed by atoms with Gasteiger partial charge in [-0.25, -0.2) is 0 Å². The second kappa shape index (κ2) is 22.7. The molecule has 1 N–H and O–H groups in total. The molecule has 6 aromatic carbocycles. The van der Waals surface area contributed by atoms with Gasteiger partial charge in [0.25, 0.3) is 0 Å². The Labute approximate surface area is 373 Å². The van der Waals surface area contributed by atoms with Crippen molar-refractivity contribution in [3.63, 3.8) is 0 Å². The molecule has 6 aromatic rings. The van der Waals surface area contributed by atoms with E-state index >= 15 is 0 Å². The first kappa shape index (κ1) is 45.6. The lowest BCUT2D eigenvalue weighted by Gasteiger charge is -2.03. The van der Waals surface area contributed by atoms with Crippen LogP contribution in [-0.4, -0.2) is 22.5 Å². The molecule has 0 saturated heterocycles. The average Bonchev–Trinajstić information content (AvgIpc) is 3.19. The minimum absolute atomic E-state index is 0.0162. The van der Waals surface area contributed by atoms with Crippen LogP contribution in [0.2, 0.25) is 35.2 Å². The molecule has 0 bridgehead atoms. The first-order valence-electron chi connectivity index (χ1n) is 16.5. The van der Waals surface area contributed by atoms with E-state index < -0.39 is 0 Å². The van der Waals surface area contributed by atoms with Crippen molar-refractivity contribution >= 4 is 133 Å². The molecule has 0 unspecified atom stereocenters. The monoisotopic (exact) mass is 956 g/mol. The van der Waals surface area contributed by atoms with Crippen LogP contribution in [-0.2, 0) is 0 Å². The van der Waals surface area contributed by atoms with Crippen molar-refractivity contribution in [2.45, 2.75) is 0 Å². The minimum Gasteiger partial charge on any atom is -0.506 e. The van der Waals surface area contributed by atoms with Crippen LogP contribution in [0.5, 0.6) is 5.75 Å². The third-order valence-electron chi connectivity index (χ3n) is 7.54. The Morgan fingerprint density at radius 3 is 1.51 bits per heavy atom. The SMILES string of the molecule is O=C(C=Cc1cc(Cl)cc(Cl)c1O)c1ccccc1Cl.O=C(C=Cc1ccc(Cl)cc1)c1c(Cl)cccc1Cl.O=C(C=Cc1ccc(Cl)cc1)c1ccc(Br)cc1. The Morgan fingerprint density at radius 2 is 0.965 bits per heavy atom. The van der Waals surface area contributed by atoms with Gasteiger partial charge in [0.2, 0.25) is 0 Å². The van der Waals surface area contributed by atoms with Gasteiger partial charge in [0.15, 0.2) is 17.3 Å². The van der Waals surface area contributed by atoms with Gasteiger partial charge in [0.1, 0.15) is 5.75 Å². The molecule has 0 aliphatic rings. The summed E-state index contributed by atoms with van der Waals surface area (Å²) in [5.41, 5.74) is 3.56. The number of ketones is 3. The highest BCUT2D eigenvalue weighted by Crippen LogP contribution is 2.32. The zero-order valence-electron chi connectivity index (χ0n) is 29.3. The molecule has 0 radical (unpaired) electrons. The first-order valence-corrected chi connectivity index (χ1v) is 20.0. The Hall–Kier alpha value is -4.14. The topological polar surface area (TPSA) is 71.4 Å². The molecule has 57 heavy (non-hydrogen) atoms. The summed E-state index contributed by atoms with van der Waals surface area (Å²) in [5, 5.41) is 12.7. The predicted octanol–water partition coefficient (Wildman–Crippen LogP) is 15.8. The highest BCUT2D eigenvalue weighted by Gasteiger charge is 2.12. The number of allylic oxidation sites excluding steroid dienone is 3. The number of rotatable bonds is 9. The van der Waals surface area contributed by atoms with E-state index in [0.717, 1.165) is 15.6 Å². The molecular weight excluding hydrogens is 933 g/mol. The molecule has 0 fully saturated rings. The predicted molar refractivity (Wildman–Crippen MR) is 243 cm³/mol. The minimum atomic E-state index is -0.272. The summed E-state index contributed by atoms with van der Waals surface area (Å²) in [4.78, 5) is 35.9. The van der Waals surface area contributed by atoms with Crippen molar-refractivity contribution in [2.24, 2.45) is 0 Å². The summed E-state index contributed by atoms with van der Waals surface area (Å²) >= 11 is 44.4. The number of hydrogen-bond donors (Lipinski definition) is 1. The highest BCUT2D eigenvalue weighted by molar-refractivity contribution is 9.10. The van der Waals surface area contributed by atoms with E-state index in [2.05, 4.69) is 15.9 Å². The third kappa shape index (κ3) is 14.6. The average molecular weight is 961 g/mol. The van der Waals surface area contributed by atoms with Crippen molar-refractivity contribution in [1.82, 2.24) is 0 Å². The van der Waals surface area contributed by atoms with Gasteiger partial charge in [0.05, 0.1) is 25.7 Å². The number of carbonyl (C=O) groups is 3. The molecule has 0 amide bonds. The fourth-order valence-corrected chi connectivity index (χ4v) is 6.49. The van der Waals surface area contributed by atoms with Crippen LogP contribution >= 0.6 is 97.1 Å². The maximum Gasteiger partial charge on any atom is 0.188 e. The standard InChI is InChI=1S/C15H10BrClO.C15H9Cl3O2.C15H9Cl3O/c16-13-6-4-12(5-7-13)15(18)10-3-11-1-8-14(17)9-2-11;16-10-7-9(15(20)13(18)8-10)5-6-14(19)11-3-1-2-4-12(11)17;16-11-7-4-10(5-8-11)6-9-14(19)15-12(17)2-1-3-13(15)18/h1-10H;1-8,20H;1-9H.